The second-order valence-corrected chi connectivity index (χ2v) is 8.23. The highest BCUT2D eigenvalue weighted by Gasteiger charge is 2.16. The Kier molecular flexibility index (Phi) is 8.08. The zero-order valence-electron chi connectivity index (χ0n) is 16.8. The Morgan fingerprint density at radius 3 is 2.20 bits per heavy atom. The molecule has 0 bridgehead atoms. The van der Waals surface area contributed by atoms with Gasteiger partial charge in [-0.15, -0.1) is 0 Å². The summed E-state index contributed by atoms with van der Waals surface area (Å²) in [5.74, 6) is -0.666. The SMILES string of the molecule is CC(C)(C)OC(=O)NCC(=O)Nc1ccc(CNC(=O)c2ccc(Cl)c(Cl)c2)cc1. The van der Waals surface area contributed by atoms with Crippen molar-refractivity contribution in [3.63, 3.8) is 0 Å². The average Bonchev–Trinajstić information content (AvgIpc) is 2.66. The topological polar surface area (TPSA) is 96.5 Å². The summed E-state index contributed by atoms with van der Waals surface area (Å²) in [6.07, 6.45) is -0.661. The van der Waals surface area contributed by atoms with E-state index in [0.717, 1.165) is 5.56 Å². The van der Waals surface area contributed by atoms with E-state index in [9.17, 15) is 14.4 Å². The van der Waals surface area contributed by atoms with E-state index in [1.807, 2.05) is 0 Å². The molecule has 0 heterocycles. The molecule has 0 aliphatic carbocycles. The summed E-state index contributed by atoms with van der Waals surface area (Å²) in [5.41, 5.74) is 1.18. The quantitative estimate of drug-likeness (QED) is 0.606. The Labute approximate surface area is 185 Å². The molecule has 9 heteroatoms. The van der Waals surface area contributed by atoms with E-state index in [1.165, 1.54) is 6.07 Å². The minimum atomic E-state index is -0.661. The van der Waals surface area contributed by atoms with Crippen molar-refractivity contribution in [1.29, 1.82) is 0 Å². The van der Waals surface area contributed by atoms with Crippen molar-refractivity contribution in [2.24, 2.45) is 0 Å². The van der Waals surface area contributed by atoms with Gasteiger partial charge in [-0.25, -0.2) is 4.79 Å². The Morgan fingerprint density at radius 2 is 1.60 bits per heavy atom. The van der Waals surface area contributed by atoms with Crippen LogP contribution in [0.5, 0.6) is 0 Å². The molecule has 2 aromatic rings. The van der Waals surface area contributed by atoms with Crippen LogP contribution in [0, 0.1) is 0 Å². The molecule has 0 fully saturated rings. The fraction of sp³-hybridized carbons (Fsp3) is 0.286. The van der Waals surface area contributed by atoms with E-state index in [4.69, 9.17) is 27.9 Å². The van der Waals surface area contributed by atoms with E-state index in [-0.39, 0.29) is 18.4 Å². The normalized spacial score (nSPS) is 10.8. The van der Waals surface area contributed by atoms with Crippen LogP contribution in [0.2, 0.25) is 10.0 Å². The van der Waals surface area contributed by atoms with Crippen LogP contribution in [0.1, 0.15) is 36.7 Å². The summed E-state index contributed by atoms with van der Waals surface area (Å²) in [7, 11) is 0. The first-order chi connectivity index (χ1) is 14.0. The molecule has 0 atom stereocenters. The van der Waals surface area contributed by atoms with Gasteiger partial charge in [0.25, 0.3) is 5.91 Å². The van der Waals surface area contributed by atoms with Crippen molar-refractivity contribution in [2.45, 2.75) is 32.9 Å². The molecule has 0 spiro atoms. The summed E-state index contributed by atoms with van der Waals surface area (Å²) >= 11 is 11.8. The van der Waals surface area contributed by atoms with Gasteiger partial charge in [-0.05, 0) is 56.7 Å². The number of rotatable bonds is 6. The van der Waals surface area contributed by atoms with Crippen molar-refractivity contribution in [2.75, 3.05) is 11.9 Å². The zero-order chi connectivity index (χ0) is 22.3. The van der Waals surface area contributed by atoms with Crippen molar-refractivity contribution >= 4 is 46.8 Å². The second-order valence-electron chi connectivity index (χ2n) is 7.41. The minimum absolute atomic E-state index is 0.212. The third-order valence-electron chi connectivity index (χ3n) is 3.66. The second kappa shape index (κ2) is 10.3. The molecule has 0 radical (unpaired) electrons. The lowest BCUT2D eigenvalue weighted by Crippen LogP contribution is -2.37. The predicted molar refractivity (Wildman–Crippen MR) is 117 cm³/mol. The Bertz CT molecular complexity index is 925. The third kappa shape index (κ3) is 7.93. The Balaban J connectivity index is 1.80. The van der Waals surface area contributed by atoms with Gasteiger partial charge in [0.2, 0.25) is 5.91 Å². The van der Waals surface area contributed by atoms with E-state index in [1.54, 1.807) is 57.2 Å². The van der Waals surface area contributed by atoms with Crippen molar-refractivity contribution in [1.82, 2.24) is 10.6 Å². The van der Waals surface area contributed by atoms with E-state index in [0.29, 0.717) is 27.8 Å². The van der Waals surface area contributed by atoms with Gasteiger partial charge in [-0.1, -0.05) is 35.3 Å². The first-order valence-corrected chi connectivity index (χ1v) is 9.88. The number of carbonyl (C=O) groups excluding carboxylic acids is 3. The average molecular weight is 452 g/mol. The van der Waals surface area contributed by atoms with E-state index >= 15 is 0 Å². The maximum atomic E-state index is 12.2. The van der Waals surface area contributed by atoms with Crippen LogP contribution in [-0.2, 0) is 16.1 Å². The van der Waals surface area contributed by atoms with Crippen molar-refractivity contribution in [3.05, 3.63) is 63.6 Å². The monoisotopic (exact) mass is 451 g/mol. The van der Waals surface area contributed by atoms with Crippen LogP contribution >= 0.6 is 23.2 Å². The number of anilines is 1. The molecular weight excluding hydrogens is 429 g/mol. The lowest BCUT2D eigenvalue weighted by molar-refractivity contribution is -0.115. The minimum Gasteiger partial charge on any atom is -0.444 e. The maximum absolute atomic E-state index is 12.2. The molecule has 160 valence electrons. The number of alkyl carbamates (subject to hydrolysis) is 1. The van der Waals surface area contributed by atoms with Gasteiger partial charge >= 0.3 is 6.09 Å². The highest BCUT2D eigenvalue weighted by Crippen LogP contribution is 2.22. The van der Waals surface area contributed by atoms with Crippen LogP contribution in [0.4, 0.5) is 10.5 Å². The number of carbonyl (C=O) groups is 3. The molecule has 0 saturated carbocycles. The molecule has 2 aromatic carbocycles. The molecule has 0 aromatic heterocycles. The molecule has 2 rings (SSSR count). The van der Waals surface area contributed by atoms with Crippen LogP contribution < -0.4 is 16.0 Å². The van der Waals surface area contributed by atoms with E-state index < -0.39 is 11.7 Å². The number of hydrogen-bond donors (Lipinski definition) is 3. The van der Waals surface area contributed by atoms with Gasteiger partial charge in [0.05, 0.1) is 10.0 Å². The summed E-state index contributed by atoms with van der Waals surface area (Å²) < 4.78 is 5.07. The highest BCUT2D eigenvalue weighted by atomic mass is 35.5. The Morgan fingerprint density at radius 1 is 0.933 bits per heavy atom. The highest BCUT2D eigenvalue weighted by molar-refractivity contribution is 6.42. The third-order valence-corrected chi connectivity index (χ3v) is 4.40. The summed E-state index contributed by atoms with van der Waals surface area (Å²) in [5, 5.41) is 8.53. The Hall–Kier alpha value is -2.77. The number of ether oxygens (including phenoxy) is 1. The predicted octanol–water partition coefficient (Wildman–Crippen LogP) is 4.39. The standard InChI is InChI=1S/C21H23Cl2N3O4/c1-21(2,3)30-20(29)25-12-18(27)26-15-7-4-13(5-8-15)11-24-19(28)14-6-9-16(22)17(23)10-14/h4-10H,11-12H2,1-3H3,(H,24,28)(H,25,29)(H,26,27). The van der Waals surface area contributed by atoms with Crippen LogP contribution in [-0.4, -0.2) is 30.1 Å². The van der Waals surface area contributed by atoms with Crippen LogP contribution in [0.15, 0.2) is 42.5 Å². The molecule has 3 amide bonds. The zero-order valence-corrected chi connectivity index (χ0v) is 18.4. The van der Waals surface area contributed by atoms with Gasteiger partial charge in [-0.2, -0.15) is 0 Å². The summed E-state index contributed by atoms with van der Waals surface area (Å²) in [6.45, 7) is 5.30. The molecule has 0 aliphatic heterocycles. The summed E-state index contributed by atoms with van der Waals surface area (Å²) in [6, 6.07) is 11.6. The summed E-state index contributed by atoms with van der Waals surface area (Å²) in [4.78, 5) is 35.7. The number of nitrogens with one attached hydrogen (secondary N) is 3. The van der Waals surface area contributed by atoms with Gasteiger partial charge in [-0.3, -0.25) is 9.59 Å². The number of hydrogen-bond acceptors (Lipinski definition) is 4. The molecule has 30 heavy (non-hydrogen) atoms. The van der Waals surface area contributed by atoms with Crippen LogP contribution in [0.3, 0.4) is 0 Å². The lowest BCUT2D eigenvalue weighted by atomic mass is 10.2. The molecule has 0 unspecified atom stereocenters. The van der Waals surface area contributed by atoms with Gasteiger partial charge < -0.3 is 20.7 Å². The lowest BCUT2D eigenvalue weighted by Gasteiger charge is -2.19. The van der Waals surface area contributed by atoms with Crippen molar-refractivity contribution in [3.8, 4) is 0 Å². The fourth-order valence-corrected chi connectivity index (χ4v) is 2.60. The number of benzene rings is 2. The smallest absolute Gasteiger partial charge is 0.408 e. The van der Waals surface area contributed by atoms with E-state index in [2.05, 4.69) is 16.0 Å². The molecule has 0 saturated heterocycles. The number of halogens is 2. The molecule has 3 N–H and O–H groups in total. The van der Waals surface area contributed by atoms with Crippen LogP contribution in [0.25, 0.3) is 0 Å². The first kappa shape index (κ1) is 23.5. The van der Waals surface area contributed by atoms with Crippen molar-refractivity contribution < 1.29 is 19.1 Å². The van der Waals surface area contributed by atoms with Gasteiger partial charge in [0.15, 0.2) is 0 Å². The molecule has 0 aliphatic rings. The van der Waals surface area contributed by atoms with Gasteiger partial charge in [0, 0.05) is 17.8 Å². The maximum Gasteiger partial charge on any atom is 0.408 e. The molecular formula is C21H23Cl2N3O4. The largest absolute Gasteiger partial charge is 0.444 e. The fourth-order valence-electron chi connectivity index (χ4n) is 2.30. The molecule has 7 nitrogen and oxygen atoms in total. The number of amides is 3. The van der Waals surface area contributed by atoms with Gasteiger partial charge in [0.1, 0.15) is 12.1 Å². The first-order valence-electron chi connectivity index (χ1n) is 9.12.